The Labute approximate surface area is 142 Å². The van der Waals surface area contributed by atoms with Crippen LogP contribution in [0.3, 0.4) is 0 Å². The highest BCUT2D eigenvalue weighted by molar-refractivity contribution is 7.33. The Hall–Kier alpha value is -1.40. The van der Waals surface area contributed by atoms with Gasteiger partial charge in [0.2, 0.25) is 0 Å². The third-order valence-corrected chi connectivity index (χ3v) is 4.45. The molecule has 1 aromatic carbocycles. The van der Waals surface area contributed by atoms with E-state index in [9.17, 15) is 9.36 Å². The molecule has 1 aliphatic rings. The van der Waals surface area contributed by atoms with Crippen LogP contribution in [0.1, 0.15) is 19.4 Å². The molecule has 0 saturated carbocycles. The molecule has 2 rings (SSSR count). The summed E-state index contributed by atoms with van der Waals surface area (Å²) < 4.78 is 32.5. The first-order chi connectivity index (χ1) is 11.6. The van der Waals surface area contributed by atoms with Crippen molar-refractivity contribution < 1.29 is 27.9 Å². The van der Waals surface area contributed by atoms with E-state index in [-0.39, 0.29) is 6.61 Å². The minimum atomic E-state index is -2.84. The molecule has 0 spiro atoms. The Morgan fingerprint density at radius 2 is 2.12 bits per heavy atom. The highest BCUT2D eigenvalue weighted by Crippen LogP contribution is 2.30. The topological polar surface area (TPSA) is 74.3 Å². The molecule has 1 aromatic rings. The Kier molecular flexibility index (Phi) is 7.72. The molecule has 8 heteroatoms. The van der Waals surface area contributed by atoms with E-state index >= 15 is 0 Å². The number of esters is 1. The van der Waals surface area contributed by atoms with Crippen LogP contribution in [0.25, 0.3) is 0 Å². The molecule has 0 N–H and O–H groups in total. The molecule has 0 aliphatic carbocycles. The predicted molar refractivity (Wildman–Crippen MR) is 89.3 cm³/mol. The second kappa shape index (κ2) is 9.79. The summed E-state index contributed by atoms with van der Waals surface area (Å²) in [6.45, 7) is 7.47. The van der Waals surface area contributed by atoms with Crippen LogP contribution in [0.5, 0.6) is 5.75 Å². The number of nitrogens with zero attached hydrogens (tertiary/aromatic N) is 1. The van der Waals surface area contributed by atoms with E-state index in [1.807, 2.05) is 18.2 Å². The summed E-state index contributed by atoms with van der Waals surface area (Å²) in [6.07, 6.45) is -0.923. The van der Waals surface area contributed by atoms with Crippen molar-refractivity contribution in [2.45, 2.75) is 26.5 Å². The Morgan fingerprint density at radius 1 is 1.38 bits per heavy atom. The van der Waals surface area contributed by atoms with Crippen molar-refractivity contribution in [1.82, 2.24) is 4.90 Å². The molecule has 134 valence electrons. The standard InChI is InChI=1S/C16H24NO6P/c1-3-21-16(18)13(2)22-24(19)23-15-6-4-5-14(11-15)12-17-7-9-20-10-8-17/h4-6,11,13,24H,3,7-10,12H2,1-2H3. The number of rotatable bonds is 8. The van der Waals surface area contributed by atoms with Gasteiger partial charge in [0.25, 0.3) is 0 Å². The predicted octanol–water partition coefficient (Wildman–Crippen LogP) is 2.26. The van der Waals surface area contributed by atoms with E-state index in [0.717, 1.165) is 38.4 Å². The molecular formula is C16H24NO6P. The van der Waals surface area contributed by atoms with Gasteiger partial charge in [-0.05, 0) is 31.5 Å². The number of carbonyl (C=O) groups is 1. The number of ether oxygens (including phenoxy) is 2. The molecule has 0 bridgehead atoms. The zero-order chi connectivity index (χ0) is 17.4. The van der Waals surface area contributed by atoms with E-state index in [0.29, 0.717) is 5.75 Å². The van der Waals surface area contributed by atoms with Gasteiger partial charge in [-0.25, -0.2) is 9.36 Å². The average Bonchev–Trinajstić information content (AvgIpc) is 2.56. The minimum Gasteiger partial charge on any atom is -0.464 e. The zero-order valence-corrected chi connectivity index (χ0v) is 15.0. The molecule has 1 heterocycles. The highest BCUT2D eigenvalue weighted by Gasteiger charge is 2.18. The molecule has 0 aromatic heterocycles. The third kappa shape index (κ3) is 6.24. The lowest BCUT2D eigenvalue weighted by Gasteiger charge is -2.26. The van der Waals surface area contributed by atoms with E-state index < -0.39 is 20.3 Å². The van der Waals surface area contributed by atoms with Crippen molar-refractivity contribution >= 4 is 14.2 Å². The molecule has 2 atom stereocenters. The summed E-state index contributed by atoms with van der Waals surface area (Å²) in [5, 5.41) is 0. The fraction of sp³-hybridized carbons (Fsp3) is 0.562. The smallest absolute Gasteiger partial charge is 0.368 e. The summed E-state index contributed by atoms with van der Waals surface area (Å²) in [4.78, 5) is 13.7. The van der Waals surface area contributed by atoms with E-state index in [1.54, 1.807) is 13.0 Å². The maximum Gasteiger partial charge on any atom is 0.368 e. The Balaban J connectivity index is 1.86. The van der Waals surface area contributed by atoms with Crippen molar-refractivity contribution in [2.24, 2.45) is 0 Å². The second-order valence-corrected chi connectivity index (χ2v) is 6.34. The molecule has 0 radical (unpaired) electrons. The number of hydrogen-bond donors (Lipinski definition) is 0. The van der Waals surface area contributed by atoms with Crippen LogP contribution in [0, 0.1) is 0 Å². The molecule has 2 unspecified atom stereocenters. The number of hydrogen-bond acceptors (Lipinski definition) is 7. The van der Waals surface area contributed by atoms with Crippen molar-refractivity contribution in [3.63, 3.8) is 0 Å². The zero-order valence-electron chi connectivity index (χ0n) is 14.0. The first kappa shape index (κ1) is 18.9. The van der Waals surface area contributed by atoms with Crippen molar-refractivity contribution in [3.05, 3.63) is 29.8 Å². The van der Waals surface area contributed by atoms with E-state index in [1.165, 1.54) is 6.92 Å². The second-order valence-electron chi connectivity index (χ2n) is 5.40. The van der Waals surface area contributed by atoms with Gasteiger partial charge in [0, 0.05) is 19.6 Å². The van der Waals surface area contributed by atoms with Crippen LogP contribution >= 0.6 is 8.25 Å². The molecular weight excluding hydrogens is 333 g/mol. The van der Waals surface area contributed by atoms with Crippen LogP contribution < -0.4 is 4.52 Å². The van der Waals surface area contributed by atoms with Crippen LogP contribution in [-0.4, -0.2) is 49.9 Å². The maximum atomic E-state index is 11.9. The number of morpholine rings is 1. The fourth-order valence-corrected chi connectivity index (χ4v) is 3.05. The maximum absolute atomic E-state index is 11.9. The Morgan fingerprint density at radius 3 is 2.83 bits per heavy atom. The van der Waals surface area contributed by atoms with Gasteiger partial charge in [0.15, 0.2) is 6.10 Å². The lowest BCUT2D eigenvalue weighted by Crippen LogP contribution is -2.35. The third-order valence-electron chi connectivity index (χ3n) is 3.50. The monoisotopic (exact) mass is 357 g/mol. The first-order valence-electron chi connectivity index (χ1n) is 8.02. The van der Waals surface area contributed by atoms with Crippen molar-refractivity contribution in [1.29, 1.82) is 0 Å². The Bertz CT molecular complexity index is 561. The quantitative estimate of drug-likeness (QED) is 0.522. The van der Waals surface area contributed by atoms with E-state index in [2.05, 4.69) is 4.90 Å². The van der Waals surface area contributed by atoms with Gasteiger partial charge in [0.05, 0.1) is 19.8 Å². The van der Waals surface area contributed by atoms with Gasteiger partial charge in [-0.2, -0.15) is 0 Å². The van der Waals surface area contributed by atoms with Gasteiger partial charge in [0.1, 0.15) is 5.75 Å². The van der Waals surface area contributed by atoms with Gasteiger partial charge >= 0.3 is 14.2 Å². The first-order valence-corrected chi connectivity index (χ1v) is 9.25. The van der Waals surface area contributed by atoms with Crippen LogP contribution in [0.2, 0.25) is 0 Å². The lowest BCUT2D eigenvalue weighted by molar-refractivity contribution is -0.150. The molecule has 0 amide bonds. The SMILES string of the molecule is CCOC(=O)C(C)O[PH](=O)Oc1cccc(CN2CCOCC2)c1. The van der Waals surface area contributed by atoms with Crippen molar-refractivity contribution in [2.75, 3.05) is 32.9 Å². The minimum absolute atomic E-state index is 0.248. The molecule has 1 fully saturated rings. The van der Waals surface area contributed by atoms with Crippen molar-refractivity contribution in [3.8, 4) is 5.75 Å². The van der Waals surface area contributed by atoms with E-state index in [4.69, 9.17) is 18.5 Å². The fourth-order valence-electron chi connectivity index (χ4n) is 2.30. The summed E-state index contributed by atoms with van der Waals surface area (Å²) >= 11 is 0. The lowest BCUT2D eigenvalue weighted by atomic mass is 10.2. The summed E-state index contributed by atoms with van der Waals surface area (Å²) in [7, 11) is -2.84. The van der Waals surface area contributed by atoms with Gasteiger partial charge in [-0.1, -0.05) is 12.1 Å². The normalized spacial score (nSPS) is 17.9. The summed E-state index contributed by atoms with van der Waals surface area (Å²) in [6, 6.07) is 7.37. The largest absolute Gasteiger partial charge is 0.464 e. The number of benzene rings is 1. The van der Waals surface area contributed by atoms with Crippen LogP contribution in [0.15, 0.2) is 24.3 Å². The highest BCUT2D eigenvalue weighted by atomic mass is 31.1. The van der Waals surface area contributed by atoms with Gasteiger partial charge in [-0.3, -0.25) is 9.42 Å². The summed E-state index contributed by atoms with van der Waals surface area (Å²) in [5.74, 6) is -0.0961. The average molecular weight is 357 g/mol. The van der Waals surface area contributed by atoms with Crippen LogP contribution in [-0.2, 0) is 29.9 Å². The molecule has 1 saturated heterocycles. The van der Waals surface area contributed by atoms with Crippen LogP contribution in [0.4, 0.5) is 0 Å². The van der Waals surface area contributed by atoms with Gasteiger partial charge in [-0.15, -0.1) is 0 Å². The molecule has 1 aliphatic heterocycles. The molecule has 24 heavy (non-hydrogen) atoms. The molecule has 7 nitrogen and oxygen atoms in total. The van der Waals surface area contributed by atoms with Gasteiger partial charge < -0.3 is 14.0 Å². The summed E-state index contributed by atoms with van der Waals surface area (Å²) in [5.41, 5.74) is 1.06. The number of carbonyl (C=O) groups excluding carboxylic acids is 1.